The van der Waals surface area contributed by atoms with Crippen molar-refractivity contribution >= 4 is 34.6 Å². The zero-order chi connectivity index (χ0) is 19.1. The quantitative estimate of drug-likeness (QED) is 0.694. The van der Waals surface area contributed by atoms with E-state index in [1.54, 1.807) is 0 Å². The van der Waals surface area contributed by atoms with Crippen LogP contribution in [0.15, 0.2) is 36.0 Å². The highest BCUT2D eigenvalue weighted by Gasteiger charge is 2.30. The van der Waals surface area contributed by atoms with E-state index < -0.39 is 0 Å². The predicted molar refractivity (Wildman–Crippen MR) is 107 cm³/mol. The molecular formula is C20H20N4O3S. The van der Waals surface area contributed by atoms with Crippen LogP contribution in [0, 0.1) is 5.92 Å². The molecule has 0 aromatic carbocycles. The molecular weight excluding hydrogens is 376 g/mol. The first-order chi connectivity index (χ1) is 13.7. The molecule has 2 fully saturated rings. The van der Waals surface area contributed by atoms with Crippen molar-refractivity contribution in [2.24, 2.45) is 5.92 Å². The number of anilines is 1. The first-order valence-corrected chi connectivity index (χ1v) is 10.3. The van der Waals surface area contributed by atoms with E-state index in [2.05, 4.69) is 15.6 Å². The highest BCUT2D eigenvalue weighted by atomic mass is 32.1. The van der Waals surface area contributed by atoms with Gasteiger partial charge in [-0.2, -0.15) is 0 Å². The number of ether oxygens (including phenoxy) is 1. The van der Waals surface area contributed by atoms with Crippen LogP contribution in [-0.4, -0.2) is 40.5 Å². The number of carbonyl (C=O) groups excluding carboxylic acids is 2. The second-order valence-corrected chi connectivity index (χ2v) is 8.22. The van der Waals surface area contributed by atoms with Crippen LogP contribution >= 0.6 is 11.3 Å². The van der Waals surface area contributed by atoms with Gasteiger partial charge in [0.2, 0.25) is 5.91 Å². The van der Waals surface area contributed by atoms with Gasteiger partial charge in [0.05, 0.1) is 23.7 Å². The fourth-order valence-electron chi connectivity index (χ4n) is 3.31. The van der Waals surface area contributed by atoms with Crippen LogP contribution < -0.4 is 10.6 Å². The Balaban J connectivity index is 1.33. The lowest BCUT2D eigenvalue weighted by atomic mass is 10.1. The number of aromatic nitrogens is 2. The van der Waals surface area contributed by atoms with Crippen molar-refractivity contribution in [3.63, 3.8) is 0 Å². The standard InChI is InChI=1S/C20H20N4O3S/c25-19(12-1-2-12)23-17-9-24-8-13(3-4-18(24)22-17)14-7-16(28-11-14)20(26)21-15-5-6-27-10-15/h3-4,7-9,11-12,15H,1-2,5-6,10H2,(H,21,26)(H,23,25)/t15-/m1/s1. The number of hydrogen-bond acceptors (Lipinski definition) is 5. The summed E-state index contributed by atoms with van der Waals surface area (Å²) in [5, 5.41) is 7.87. The second-order valence-electron chi connectivity index (χ2n) is 7.31. The summed E-state index contributed by atoms with van der Waals surface area (Å²) < 4.78 is 7.20. The second kappa shape index (κ2) is 7.03. The van der Waals surface area contributed by atoms with Crippen LogP contribution in [0.4, 0.5) is 5.82 Å². The molecule has 1 saturated carbocycles. The van der Waals surface area contributed by atoms with Crippen molar-refractivity contribution < 1.29 is 14.3 Å². The molecule has 0 unspecified atom stereocenters. The van der Waals surface area contributed by atoms with Gasteiger partial charge in [0.25, 0.3) is 5.91 Å². The highest BCUT2D eigenvalue weighted by Crippen LogP contribution is 2.30. The number of hydrogen-bond donors (Lipinski definition) is 2. The third kappa shape index (κ3) is 3.53. The summed E-state index contributed by atoms with van der Waals surface area (Å²) in [6, 6.07) is 5.90. The minimum absolute atomic E-state index is 0.0461. The average Bonchev–Trinajstić information content (AvgIpc) is 3.08. The summed E-state index contributed by atoms with van der Waals surface area (Å²) in [7, 11) is 0. The van der Waals surface area contributed by atoms with Gasteiger partial charge in [0, 0.05) is 18.7 Å². The Hall–Kier alpha value is -2.71. The Labute approximate surface area is 165 Å². The molecule has 3 aromatic heterocycles. The lowest BCUT2D eigenvalue weighted by Gasteiger charge is -2.08. The van der Waals surface area contributed by atoms with E-state index >= 15 is 0 Å². The zero-order valence-corrected chi connectivity index (χ0v) is 16.0. The van der Waals surface area contributed by atoms with Crippen molar-refractivity contribution in [3.8, 4) is 11.1 Å². The maximum Gasteiger partial charge on any atom is 0.261 e. The molecule has 1 saturated heterocycles. The smallest absolute Gasteiger partial charge is 0.261 e. The van der Waals surface area contributed by atoms with Crippen LogP contribution in [0.1, 0.15) is 28.9 Å². The molecule has 1 atom stereocenters. The van der Waals surface area contributed by atoms with Gasteiger partial charge in [-0.1, -0.05) is 0 Å². The van der Waals surface area contributed by atoms with Gasteiger partial charge in [-0.05, 0) is 54.0 Å². The van der Waals surface area contributed by atoms with E-state index in [-0.39, 0.29) is 23.8 Å². The Morgan fingerprint density at radius 2 is 2.07 bits per heavy atom. The topological polar surface area (TPSA) is 84.7 Å². The largest absolute Gasteiger partial charge is 0.379 e. The number of pyridine rings is 1. The molecule has 4 heterocycles. The molecule has 1 aliphatic heterocycles. The highest BCUT2D eigenvalue weighted by molar-refractivity contribution is 7.12. The summed E-state index contributed by atoms with van der Waals surface area (Å²) in [6.07, 6.45) is 6.57. The maximum absolute atomic E-state index is 12.4. The summed E-state index contributed by atoms with van der Waals surface area (Å²) in [5.74, 6) is 0.704. The number of nitrogens with zero attached hydrogens (tertiary/aromatic N) is 2. The number of carbonyl (C=O) groups is 2. The Bertz CT molecular complexity index is 1050. The van der Waals surface area contributed by atoms with Crippen molar-refractivity contribution in [1.29, 1.82) is 0 Å². The molecule has 7 nitrogen and oxygen atoms in total. The summed E-state index contributed by atoms with van der Waals surface area (Å²) in [5.41, 5.74) is 2.74. The number of nitrogens with one attached hydrogen (secondary N) is 2. The summed E-state index contributed by atoms with van der Waals surface area (Å²) in [6.45, 7) is 1.29. The van der Waals surface area contributed by atoms with E-state index in [1.165, 1.54) is 11.3 Å². The van der Waals surface area contributed by atoms with Gasteiger partial charge in [0.1, 0.15) is 5.65 Å². The normalized spacial score (nSPS) is 19.1. The van der Waals surface area contributed by atoms with E-state index in [0.29, 0.717) is 23.9 Å². The lowest BCUT2D eigenvalue weighted by Crippen LogP contribution is -2.34. The molecule has 0 spiro atoms. The maximum atomic E-state index is 12.4. The fourth-order valence-corrected chi connectivity index (χ4v) is 4.13. The lowest BCUT2D eigenvalue weighted by molar-refractivity contribution is -0.117. The molecule has 2 amide bonds. The number of imidazole rings is 1. The van der Waals surface area contributed by atoms with Crippen molar-refractivity contribution in [2.75, 3.05) is 18.5 Å². The number of rotatable bonds is 5. The van der Waals surface area contributed by atoms with Crippen molar-refractivity contribution in [3.05, 3.63) is 40.8 Å². The fraction of sp³-hybridized carbons (Fsp3) is 0.350. The van der Waals surface area contributed by atoms with Crippen molar-refractivity contribution in [1.82, 2.24) is 14.7 Å². The van der Waals surface area contributed by atoms with E-state index in [1.807, 2.05) is 40.4 Å². The van der Waals surface area contributed by atoms with Crippen LogP contribution in [0.5, 0.6) is 0 Å². The third-order valence-corrected chi connectivity index (χ3v) is 6.00. The Kier molecular flexibility index (Phi) is 4.37. The van der Waals surface area contributed by atoms with Crippen LogP contribution in [0.25, 0.3) is 16.8 Å². The summed E-state index contributed by atoms with van der Waals surface area (Å²) >= 11 is 1.43. The number of thiophene rings is 1. The van der Waals surface area contributed by atoms with Crippen LogP contribution in [0.2, 0.25) is 0 Å². The van der Waals surface area contributed by atoms with Gasteiger partial charge in [-0.25, -0.2) is 4.98 Å². The average molecular weight is 396 g/mol. The first-order valence-electron chi connectivity index (χ1n) is 9.43. The molecule has 2 aliphatic rings. The van der Waals surface area contributed by atoms with Crippen molar-refractivity contribution in [2.45, 2.75) is 25.3 Å². The molecule has 2 N–H and O–H groups in total. The molecule has 5 rings (SSSR count). The van der Waals surface area contributed by atoms with Crippen LogP contribution in [0.3, 0.4) is 0 Å². The monoisotopic (exact) mass is 396 g/mol. The first kappa shape index (κ1) is 17.4. The van der Waals surface area contributed by atoms with E-state index in [4.69, 9.17) is 4.74 Å². The minimum Gasteiger partial charge on any atom is -0.379 e. The number of amides is 2. The molecule has 8 heteroatoms. The molecule has 144 valence electrons. The van der Waals surface area contributed by atoms with Gasteiger partial charge < -0.3 is 19.8 Å². The Morgan fingerprint density at radius 1 is 1.18 bits per heavy atom. The van der Waals surface area contributed by atoms with Gasteiger partial charge in [0.15, 0.2) is 5.82 Å². The molecule has 3 aromatic rings. The Morgan fingerprint density at radius 3 is 2.86 bits per heavy atom. The van der Waals surface area contributed by atoms with Gasteiger partial charge in [-0.15, -0.1) is 11.3 Å². The van der Waals surface area contributed by atoms with Crippen LogP contribution in [-0.2, 0) is 9.53 Å². The van der Waals surface area contributed by atoms with Gasteiger partial charge >= 0.3 is 0 Å². The SMILES string of the molecule is O=C(N[C@@H]1CCOC1)c1cc(-c2ccc3nc(NC(=O)C4CC4)cn3c2)cs1. The molecule has 0 radical (unpaired) electrons. The van der Waals surface area contributed by atoms with E-state index in [9.17, 15) is 9.59 Å². The molecule has 28 heavy (non-hydrogen) atoms. The predicted octanol–water partition coefficient (Wildman–Crippen LogP) is 2.93. The number of fused-ring (bicyclic) bond motifs is 1. The minimum atomic E-state index is -0.0551. The van der Waals surface area contributed by atoms with Gasteiger partial charge in [-0.3, -0.25) is 9.59 Å². The summed E-state index contributed by atoms with van der Waals surface area (Å²) in [4.78, 5) is 29.5. The molecule has 0 bridgehead atoms. The van der Waals surface area contributed by atoms with E-state index in [0.717, 1.165) is 36.0 Å². The molecule has 1 aliphatic carbocycles. The third-order valence-electron chi connectivity index (χ3n) is 5.07. The zero-order valence-electron chi connectivity index (χ0n) is 15.2.